The number of hydrogen-bond acceptors (Lipinski definition) is 8. The van der Waals surface area contributed by atoms with Gasteiger partial charge in [0, 0.05) is 23.4 Å². The minimum atomic E-state index is -0.573. The van der Waals surface area contributed by atoms with Crippen molar-refractivity contribution in [2.75, 3.05) is 49.2 Å². The van der Waals surface area contributed by atoms with E-state index in [4.69, 9.17) is 33.2 Å². The van der Waals surface area contributed by atoms with Gasteiger partial charge in [-0.25, -0.2) is 4.79 Å². The lowest BCUT2D eigenvalue weighted by molar-refractivity contribution is 0.0227. The van der Waals surface area contributed by atoms with Gasteiger partial charge in [-0.05, 0) is 74.6 Å². The van der Waals surface area contributed by atoms with Gasteiger partial charge < -0.3 is 38.1 Å². The van der Waals surface area contributed by atoms with Crippen LogP contribution in [0.1, 0.15) is 39.2 Å². The summed E-state index contributed by atoms with van der Waals surface area (Å²) in [6.45, 7) is 6.29. The molecule has 1 aliphatic heterocycles. The maximum absolute atomic E-state index is 13.1. The van der Waals surface area contributed by atoms with Gasteiger partial charge in [-0.15, -0.1) is 0 Å². The molecule has 0 aliphatic carbocycles. The highest BCUT2D eigenvalue weighted by atomic mass is 16.6. The average Bonchev–Trinajstić information content (AvgIpc) is 3.38. The second-order valence-electron chi connectivity index (χ2n) is 10.5. The number of amides is 1. The van der Waals surface area contributed by atoms with Crippen LogP contribution in [0.15, 0.2) is 18.2 Å². The first kappa shape index (κ1) is 28.3. The van der Waals surface area contributed by atoms with Crippen molar-refractivity contribution >= 4 is 27.6 Å². The molecule has 212 valence electrons. The van der Waals surface area contributed by atoms with Crippen molar-refractivity contribution in [1.82, 2.24) is 4.90 Å². The van der Waals surface area contributed by atoms with Gasteiger partial charge in [-0.3, -0.25) is 0 Å². The third kappa shape index (κ3) is 5.14. The topological polar surface area (TPSA) is 84.9 Å². The monoisotopic (exact) mass is 541 g/mol. The fraction of sp³-hybridized carbons (Fsp3) is 0.500. The number of nitrogens with zero attached hydrogens (tertiary/aromatic N) is 1. The zero-order chi connectivity index (χ0) is 28.5. The van der Waals surface area contributed by atoms with Crippen LogP contribution < -0.4 is 28.4 Å². The quantitative estimate of drug-likeness (QED) is 0.322. The smallest absolute Gasteiger partial charge is 0.410 e. The SMILES string of the molecule is COc1cc2c(cc(C[C@@H]3CCCN3C(=O)OC(C)(C)C)c3c(OC)c(OC)c(OC)cc32)c(OC)c1OC. The average molecular weight is 542 g/mol. The summed E-state index contributed by atoms with van der Waals surface area (Å²) < 4.78 is 40.3. The number of carbonyl (C=O) groups is 1. The van der Waals surface area contributed by atoms with E-state index in [1.165, 1.54) is 0 Å². The van der Waals surface area contributed by atoms with E-state index in [0.717, 1.165) is 39.9 Å². The van der Waals surface area contributed by atoms with Crippen LogP contribution >= 0.6 is 0 Å². The normalized spacial score (nSPS) is 15.4. The maximum Gasteiger partial charge on any atom is 0.410 e. The molecule has 1 aliphatic rings. The zero-order valence-corrected chi connectivity index (χ0v) is 24.4. The Balaban J connectivity index is 2.02. The van der Waals surface area contributed by atoms with Crippen LogP contribution in [0.2, 0.25) is 0 Å². The van der Waals surface area contributed by atoms with E-state index in [0.29, 0.717) is 47.5 Å². The van der Waals surface area contributed by atoms with Crippen LogP contribution in [0, 0.1) is 0 Å². The lowest BCUT2D eigenvalue weighted by Crippen LogP contribution is -2.40. The summed E-state index contributed by atoms with van der Waals surface area (Å²) in [6, 6.07) is 5.90. The third-order valence-corrected chi connectivity index (χ3v) is 7.09. The van der Waals surface area contributed by atoms with Crippen molar-refractivity contribution in [3.8, 4) is 34.5 Å². The predicted octanol–water partition coefficient (Wildman–Crippen LogP) is 5.99. The van der Waals surface area contributed by atoms with Crippen molar-refractivity contribution in [2.24, 2.45) is 0 Å². The molecular weight excluding hydrogens is 502 g/mol. The lowest BCUT2D eigenvalue weighted by atomic mass is 9.91. The Bertz CT molecular complexity index is 1380. The zero-order valence-electron chi connectivity index (χ0n) is 24.4. The van der Waals surface area contributed by atoms with E-state index in [1.807, 2.05) is 37.8 Å². The van der Waals surface area contributed by atoms with Gasteiger partial charge in [0.1, 0.15) is 5.60 Å². The van der Waals surface area contributed by atoms with Crippen LogP contribution in [0.25, 0.3) is 21.5 Å². The Hall–Kier alpha value is -3.75. The molecule has 39 heavy (non-hydrogen) atoms. The van der Waals surface area contributed by atoms with Crippen molar-refractivity contribution in [3.63, 3.8) is 0 Å². The Morgan fingerprint density at radius 2 is 1.33 bits per heavy atom. The predicted molar refractivity (Wildman–Crippen MR) is 150 cm³/mol. The second-order valence-corrected chi connectivity index (χ2v) is 10.5. The second kappa shape index (κ2) is 11.2. The lowest BCUT2D eigenvalue weighted by Gasteiger charge is -2.29. The van der Waals surface area contributed by atoms with E-state index in [9.17, 15) is 4.79 Å². The Kier molecular flexibility index (Phi) is 8.09. The van der Waals surface area contributed by atoms with Crippen LogP contribution in [-0.4, -0.2) is 71.8 Å². The van der Waals surface area contributed by atoms with Crippen LogP contribution in [0.5, 0.6) is 34.5 Å². The Morgan fingerprint density at radius 3 is 1.87 bits per heavy atom. The summed E-state index contributed by atoms with van der Waals surface area (Å²) in [7, 11) is 9.58. The van der Waals surface area contributed by atoms with Crippen LogP contribution in [0.4, 0.5) is 4.79 Å². The summed E-state index contributed by atoms with van der Waals surface area (Å²) in [5.74, 6) is 3.18. The van der Waals surface area contributed by atoms with Crippen LogP contribution in [-0.2, 0) is 11.2 Å². The van der Waals surface area contributed by atoms with Gasteiger partial charge in [0.15, 0.2) is 23.0 Å². The fourth-order valence-corrected chi connectivity index (χ4v) is 5.50. The van der Waals surface area contributed by atoms with E-state index < -0.39 is 5.60 Å². The molecule has 1 saturated heterocycles. The molecule has 0 radical (unpaired) electrons. The summed E-state index contributed by atoms with van der Waals surface area (Å²) in [5.41, 5.74) is 0.400. The highest BCUT2D eigenvalue weighted by molar-refractivity contribution is 6.15. The fourth-order valence-electron chi connectivity index (χ4n) is 5.50. The number of likely N-dealkylation sites (tertiary alicyclic amines) is 1. The molecule has 4 rings (SSSR count). The van der Waals surface area contributed by atoms with Gasteiger partial charge in [0.25, 0.3) is 0 Å². The van der Waals surface area contributed by atoms with Gasteiger partial charge in [0.05, 0.1) is 42.7 Å². The number of benzene rings is 3. The van der Waals surface area contributed by atoms with Crippen molar-refractivity contribution < 1.29 is 38.0 Å². The molecule has 0 bridgehead atoms. The van der Waals surface area contributed by atoms with Gasteiger partial charge in [-0.1, -0.05) is 0 Å². The molecule has 0 aromatic heterocycles. The molecule has 1 fully saturated rings. The molecule has 1 atom stereocenters. The molecular formula is C30H39NO8. The summed E-state index contributed by atoms with van der Waals surface area (Å²) in [5, 5.41) is 3.46. The molecule has 9 nitrogen and oxygen atoms in total. The summed E-state index contributed by atoms with van der Waals surface area (Å²) >= 11 is 0. The van der Waals surface area contributed by atoms with Gasteiger partial charge in [0.2, 0.25) is 11.5 Å². The number of rotatable bonds is 8. The number of ether oxygens (including phenoxy) is 7. The highest BCUT2D eigenvalue weighted by Gasteiger charge is 2.34. The summed E-state index contributed by atoms with van der Waals surface area (Å²) in [4.78, 5) is 14.9. The largest absolute Gasteiger partial charge is 0.493 e. The standard InChI is InChI=1S/C30H39NO8/c1-30(2,3)39-29(32)31-12-10-11-18(31)13-17-14-21-19(15-22(33-4)26(36-7)25(21)35-6)20-16-23(34-5)27(37-8)28(38-9)24(17)20/h14-16,18H,10-13H2,1-9H3/t18-/m0/s1. The first-order valence-electron chi connectivity index (χ1n) is 13.0. The van der Waals surface area contributed by atoms with Crippen molar-refractivity contribution in [2.45, 2.75) is 51.7 Å². The molecule has 0 spiro atoms. The molecule has 1 heterocycles. The number of carbonyl (C=O) groups excluding carboxylic acids is 1. The Morgan fingerprint density at radius 1 is 0.769 bits per heavy atom. The molecule has 3 aromatic rings. The Labute approximate surface area is 229 Å². The first-order valence-corrected chi connectivity index (χ1v) is 13.0. The van der Waals surface area contributed by atoms with Gasteiger partial charge in [-0.2, -0.15) is 0 Å². The minimum absolute atomic E-state index is 0.0514. The molecule has 0 unspecified atom stereocenters. The van der Waals surface area contributed by atoms with E-state index in [2.05, 4.69) is 6.07 Å². The number of hydrogen-bond donors (Lipinski definition) is 0. The van der Waals surface area contributed by atoms with E-state index in [-0.39, 0.29) is 12.1 Å². The minimum Gasteiger partial charge on any atom is -0.493 e. The van der Waals surface area contributed by atoms with Crippen LogP contribution in [0.3, 0.4) is 0 Å². The van der Waals surface area contributed by atoms with E-state index >= 15 is 0 Å². The van der Waals surface area contributed by atoms with Gasteiger partial charge >= 0.3 is 6.09 Å². The number of methoxy groups -OCH3 is 6. The third-order valence-electron chi connectivity index (χ3n) is 7.09. The highest BCUT2D eigenvalue weighted by Crippen LogP contribution is 2.51. The van der Waals surface area contributed by atoms with Crippen molar-refractivity contribution in [1.29, 1.82) is 0 Å². The molecule has 3 aromatic carbocycles. The molecule has 9 heteroatoms. The maximum atomic E-state index is 13.1. The number of fused-ring (bicyclic) bond motifs is 3. The van der Waals surface area contributed by atoms with E-state index in [1.54, 1.807) is 42.7 Å². The van der Waals surface area contributed by atoms with Crippen molar-refractivity contribution in [3.05, 3.63) is 23.8 Å². The molecule has 0 N–H and O–H groups in total. The summed E-state index contributed by atoms with van der Waals surface area (Å²) in [6.07, 6.45) is 2.04. The first-order chi connectivity index (χ1) is 18.6. The molecule has 0 saturated carbocycles. The molecule has 1 amide bonds.